The molecule has 0 aliphatic heterocycles. The van der Waals surface area contributed by atoms with Crippen LogP contribution in [0.4, 0.5) is 10.8 Å². The number of nitrogens with zero attached hydrogens (tertiary/aromatic N) is 1. The lowest BCUT2D eigenvalue weighted by atomic mass is 10.2. The highest BCUT2D eigenvalue weighted by Crippen LogP contribution is 2.27. The zero-order chi connectivity index (χ0) is 13.3. The SMILES string of the molecule is Cc1ccc(N)cc1S(=O)(=O)Nc1ncc(Br)s1. The van der Waals surface area contributed by atoms with Crippen molar-refractivity contribution in [2.75, 3.05) is 10.5 Å². The Balaban J connectivity index is 2.39. The van der Waals surface area contributed by atoms with E-state index < -0.39 is 10.0 Å². The number of aryl methyl sites for hydroxylation is 1. The number of nitrogens with one attached hydrogen (secondary N) is 1. The molecule has 2 aromatic rings. The van der Waals surface area contributed by atoms with Gasteiger partial charge < -0.3 is 5.73 Å². The Hall–Kier alpha value is -1.12. The zero-order valence-electron chi connectivity index (χ0n) is 9.34. The minimum absolute atomic E-state index is 0.161. The van der Waals surface area contributed by atoms with E-state index in [0.29, 0.717) is 16.4 Å². The average molecular weight is 348 g/mol. The van der Waals surface area contributed by atoms with Gasteiger partial charge in [-0.3, -0.25) is 4.72 Å². The molecule has 0 aliphatic rings. The fourth-order valence-corrected chi connectivity index (χ4v) is 4.01. The number of sulfonamides is 1. The first-order chi connectivity index (χ1) is 8.38. The maximum Gasteiger partial charge on any atom is 0.264 e. The molecular weight excluding hydrogens is 338 g/mol. The van der Waals surface area contributed by atoms with Gasteiger partial charge >= 0.3 is 0 Å². The number of benzene rings is 1. The van der Waals surface area contributed by atoms with Crippen molar-refractivity contribution >= 4 is 48.1 Å². The Bertz CT molecular complexity index is 682. The van der Waals surface area contributed by atoms with E-state index in [2.05, 4.69) is 25.6 Å². The summed E-state index contributed by atoms with van der Waals surface area (Å²) in [4.78, 5) is 4.09. The third-order valence-electron chi connectivity index (χ3n) is 2.20. The smallest absolute Gasteiger partial charge is 0.264 e. The second-order valence-corrected chi connectivity index (χ2v) is 7.66. The summed E-state index contributed by atoms with van der Waals surface area (Å²) < 4.78 is 27.5. The first-order valence-corrected chi connectivity index (χ1v) is 7.98. The van der Waals surface area contributed by atoms with Crippen molar-refractivity contribution in [3.05, 3.63) is 33.7 Å². The molecule has 0 amide bonds. The van der Waals surface area contributed by atoms with E-state index in [1.165, 1.54) is 23.6 Å². The quantitative estimate of drug-likeness (QED) is 0.835. The van der Waals surface area contributed by atoms with Crippen molar-refractivity contribution in [1.29, 1.82) is 0 Å². The Morgan fingerprint density at radius 2 is 2.17 bits per heavy atom. The monoisotopic (exact) mass is 347 g/mol. The lowest BCUT2D eigenvalue weighted by molar-refractivity contribution is 0.600. The third kappa shape index (κ3) is 2.82. The maximum atomic E-state index is 12.2. The molecule has 96 valence electrons. The summed E-state index contributed by atoms with van der Waals surface area (Å²) in [6.07, 6.45) is 1.54. The number of hydrogen-bond acceptors (Lipinski definition) is 5. The largest absolute Gasteiger partial charge is 0.399 e. The van der Waals surface area contributed by atoms with Gasteiger partial charge in [0.25, 0.3) is 10.0 Å². The van der Waals surface area contributed by atoms with E-state index in [9.17, 15) is 8.42 Å². The number of nitrogen functional groups attached to an aromatic ring is 1. The molecule has 8 heteroatoms. The van der Waals surface area contributed by atoms with Gasteiger partial charge in [0.2, 0.25) is 0 Å². The van der Waals surface area contributed by atoms with Crippen LogP contribution in [0.5, 0.6) is 0 Å². The lowest BCUT2D eigenvalue weighted by Gasteiger charge is -2.08. The van der Waals surface area contributed by atoms with Crippen LogP contribution in [0.3, 0.4) is 0 Å². The standard InChI is InChI=1S/C10H10BrN3O2S2/c1-6-2-3-7(12)4-8(6)18(15,16)14-10-13-5-9(11)17-10/h2-5H,12H2,1H3,(H,13,14). The van der Waals surface area contributed by atoms with Crippen molar-refractivity contribution < 1.29 is 8.42 Å². The molecule has 0 saturated heterocycles. The number of nitrogens with two attached hydrogens (primary N) is 1. The summed E-state index contributed by atoms with van der Waals surface area (Å²) in [5.41, 5.74) is 6.64. The van der Waals surface area contributed by atoms with Gasteiger partial charge in [0.1, 0.15) is 0 Å². The van der Waals surface area contributed by atoms with Crippen LogP contribution in [-0.2, 0) is 10.0 Å². The molecule has 1 aromatic heterocycles. The van der Waals surface area contributed by atoms with Crippen molar-refractivity contribution in [2.24, 2.45) is 0 Å². The summed E-state index contributed by atoms with van der Waals surface area (Å²) >= 11 is 4.43. The Labute approximate surface area is 117 Å². The van der Waals surface area contributed by atoms with Gasteiger partial charge in [-0.2, -0.15) is 0 Å². The van der Waals surface area contributed by atoms with Crippen molar-refractivity contribution in [2.45, 2.75) is 11.8 Å². The van der Waals surface area contributed by atoms with E-state index in [1.807, 2.05) is 0 Å². The average Bonchev–Trinajstić information content (AvgIpc) is 2.66. The number of rotatable bonds is 3. The lowest BCUT2D eigenvalue weighted by Crippen LogP contribution is -2.14. The molecule has 18 heavy (non-hydrogen) atoms. The molecule has 1 aromatic carbocycles. The van der Waals surface area contributed by atoms with E-state index >= 15 is 0 Å². The van der Waals surface area contributed by atoms with Gasteiger partial charge in [0, 0.05) is 5.69 Å². The molecule has 0 fully saturated rings. The fraction of sp³-hybridized carbons (Fsp3) is 0.100. The molecule has 5 nitrogen and oxygen atoms in total. The second kappa shape index (κ2) is 4.87. The van der Waals surface area contributed by atoms with E-state index in [4.69, 9.17) is 5.73 Å². The second-order valence-electron chi connectivity index (χ2n) is 3.60. The topological polar surface area (TPSA) is 85.1 Å². The van der Waals surface area contributed by atoms with Crippen molar-refractivity contribution in [3.63, 3.8) is 0 Å². The fourth-order valence-electron chi connectivity index (χ4n) is 1.38. The van der Waals surface area contributed by atoms with Crippen LogP contribution in [-0.4, -0.2) is 13.4 Å². The predicted molar refractivity (Wildman–Crippen MR) is 76.2 cm³/mol. The minimum Gasteiger partial charge on any atom is -0.399 e. The summed E-state index contributed by atoms with van der Waals surface area (Å²) in [5, 5.41) is 0.309. The highest BCUT2D eigenvalue weighted by molar-refractivity contribution is 9.11. The summed E-state index contributed by atoms with van der Waals surface area (Å²) in [7, 11) is -3.66. The normalized spacial score (nSPS) is 11.4. The number of halogens is 1. The van der Waals surface area contributed by atoms with Gasteiger partial charge in [-0.15, -0.1) is 0 Å². The van der Waals surface area contributed by atoms with Crippen LogP contribution in [0.1, 0.15) is 5.56 Å². The molecule has 0 aliphatic carbocycles. The first kappa shape index (κ1) is 13.3. The summed E-state index contributed by atoms with van der Waals surface area (Å²) in [6.45, 7) is 1.71. The minimum atomic E-state index is -3.66. The molecule has 0 atom stereocenters. The molecule has 1 heterocycles. The summed E-state index contributed by atoms with van der Waals surface area (Å²) in [5.74, 6) is 0. The van der Waals surface area contributed by atoms with E-state index in [-0.39, 0.29) is 4.90 Å². The van der Waals surface area contributed by atoms with Gasteiger partial charge in [-0.25, -0.2) is 13.4 Å². The van der Waals surface area contributed by atoms with Crippen LogP contribution in [0.15, 0.2) is 33.1 Å². The van der Waals surface area contributed by atoms with Crippen LogP contribution >= 0.6 is 27.3 Å². The third-order valence-corrected chi connectivity index (χ3v) is 5.20. The molecule has 0 bridgehead atoms. The molecule has 3 N–H and O–H groups in total. The molecular formula is C10H10BrN3O2S2. The van der Waals surface area contributed by atoms with E-state index in [0.717, 1.165) is 3.79 Å². The summed E-state index contributed by atoms with van der Waals surface area (Å²) in [6, 6.07) is 4.76. The number of aromatic nitrogens is 1. The van der Waals surface area contributed by atoms with Crippen LogP contribution in [0, 0.1) is 6.92 Å². The maximum absolute atomic E-state index is 12.2. The van der Waals surface area contributed by atoms with Crippen molar-refractivity contribution in [3.8, 4) is 0 Å². The number of hydrogen-bond donors (Lipinski definition) is 2. The van der Waals surface area contributed by atoms with Crippen molar-refractivity contribution in [1.82, 2.24) is 4.98 Å². The highest BCUT2D eigenvalue weighted by atomic mass is 79.9. The molecule has 0 unspecified atom stereocenters. The molecule has 0 spiro atoms. The van der Waals surface area contributed by atoms with Gasteiger partial charge in [0.05, 0.1) is 14.9 Å². The zero-order valence-corrected chi connectivity index (χ0v) is 12.6. The highest BCUT2D eigenvalue weighted by Gasteiger charge is 2.18. The Kier molecular flexibility index (Phi) is 3.60. The van der Waals surface area contributed by atoms with Gasteiger partial charge in [-0.05, 0) is 40.5 Å². The number of thiazole rings is 1. The first-order valence-electron chi connectivity index (χ1n) is 4.89. The molecule has 0 saturated carbocycles. The van der Waals surface area contributed by atoms with Crippen LogP contribution in [0.25, 0.3) is 0 Å². The number of anilines is 2. The van der Waals surface area contributed by atoms with Gasteiger partial charge in [0.15, 0.2) is 5.13 Å². The molecule has 2 rings (SSSR count). The van der Waals surface area contributed by atoms with Crippen LogP contribution in [0.2, 0.25) is 0 Å². The van der Waals surface area contributed by atoms with E-state index in [1.54, 1.807) is 19.1 Å². The Morgan fingerprint density at radius 3 is 2.78 bits per heavy atom. The molecule has 0 radical (unpaired) electrons. The van der Waals surface area contributed by atoms with Gasteiger partial charge in [-0.1, -0.05) is 17.4 Å². The Morgan fingerprint density at radius 1 is 1.44 bits per heavy atom. The predicted octanol–water partition coefficient (Wildman–Crippen LogP) is 2.60. The van der Waals surface area contributed by atoms with Crippen LogP contribution < -0.4 is 10.5 Å².